The molecule has 0 aromatic heterocycles. The van der Waals surface area contributed by atoms with Crippen LogP contribution in [-0.2, 0) is 4.79 Å². The minimum absolute atomic E-state index is 0. The van der Waals surface area contributed by atoms with Crippen LogP contribution in [0.3, 0.4) is 0 Å². The Labute approximate surface area is 183 Å². The van der Waals surface area contributed by atoms with Gasteiger partial charge < -0.3 is 14.8 Å². The van der Waals surface area contributed by atoms with Gasteiger partial charge >= 0.3 is 0 Å². The SMILES string of the molecule is COc1ccc(C(CNC(=O)COc2ccccc2Cl)N2CCCCC2)cc1.Cl. The zero-order valence-corrected chi connectivity index (χ0v) is 18.2. The van der Waals surface area contributed by atoms with Crippen LogP contribution < -0.4 is 14.8 Å². The number of carbonyl (C=O) groups excluding carboxylic acids is 1. The van der Waals surface area contributed by atoms with Crippen molar-refractivity contribution in [2.75, 3.05) is 33.4 Å². The number of nitrogens with zero attached hydrogens (tertiary/aromatic N) is 1. The Hall–Kier alpha value is -1.95. The molecule has 1 atom stereocenters. The van der Waals surface area contributed by atoms with E-state index in [1.165, 1.54) is 24.8 Å². The molecule has 0 radical (unpaired) electrons. The molecule has 1 saturated heterocycles. The van der Waals surface area contributed by atoms with Crippen molar-refractivity contribution in [2.24, 2.45) is 0 Å². The maximum atomic E-state index is 12.3. The number of piperidine rings is 1. The molecule has 158 valence electrons. The van der Waals surface area contributed by atoms with Gasteiger partial charge in [0.15, 0.2) is 6.61 Å². The van der Waals surface area contributed by atoms with Crippen LogP contribution in [0, 0.1) is 0 Å². The van der Waals surface area contributed by atoms with E-state index in [0.29, 0.717) is 17.3 Å². The van der Waals surface area contributed by atoms with Crippen molar-refractivity contribution in [3.8, 4) is 11.5 Å². The van der Waals surface area contributed by atoms with Crippen LogP contribution in [0.25, 0.3) is 0 Å². The minimum atomic E-state index is -0.157. The molecular formula is C22H28Cl2N2O3. The molecule has 1 fully saturated rings. The number of methoxy groups -OCH3 is 1. The van der Waals surface area contributed by atoms with Crippen molar-refractivity contribution in [3.63, 3.8) is 0 Å². The fourth-order valence-electron chi connectivity index (χ4n) is 3.48. The maximum Gasteiger partial charge on any atom is 0.258 e. The van der Waals surface area contributed by atoms with Crippen LogP contribution in [0.4, 0.5) is 0 Å². The van der Waals surface area contributed by atoms with Gasteiger partial charge in [-0.3, -0.25) is 9.69 Å². The fraction of sp³-hybridized carbons (Fsp3) is 0.409. The lowest BCUT2D eigenvalue weighted by Gasteiger charge is -2.35. The third kappa shape index (κ3) is 6.81. The van der Waals surface area contributed by atoms with Crippen molar-refractivity contribution in [1.29, 1.82) is 0 Å². The molecule has 0 bridgehead atoms. The smallest absolute Gasteiger partial charge is 0.258 e. The Balaban J connectivity index is 0.00000300. The third-order valence-electron chi connectivity index (χ3n) is 5.02. The molecule has 3 rings (SSSR count). The summed E-state index contributed by atoms with van der Waals surface area (Å²) in [5.41, 5.74) is 1.18. The van der Waals surface area contributed by atoms with E-state index in [9.17, 15) is 4.79 Å². The number of likely N-dealkylation sites (tertiary alicyclic amines) is 1. The van der Waals surface area contributed by atoms with Crippen LogP contribution in [0.2, 0.25) is 5.02 Å². The molecule has 1 heterocycles. The fourth-order valence-corrected chi connectivity index (χ4v) is 3.67. The number of carbonyl (C=O) groups is 1. The summed E-state index contributed by atoms with van der Waals surface area (Å²) in [7, 11) is 1.66. The van der Waals surface area contributed by atoms with E-state index in [4.69, 9.17) is 21.1 Å². The number of amides is 1. The first kappa shape index (κ1) is 23.3. The summed E-state index contributed by atoms with van der Waals surface area (Å²) in [5.74, 6) is 1.19. The summed E-state index contributed by atoms with van der Waals surface area (Å²) in [6.45, 7) is 2.57. The first-order valence-electron chi connectivity index (χ1n) is 9.69. The quantitative estimate of drug-likeness (QED) is 0.659. The monoisotopic (exact) mass is 438 g/mol. The summed E-state index contributed by atoms with van der Waals surface area (Å²) < 4.78 is 10.8. The van der Waals surface area contributed by atoms with Crippen molar-refractivity contribution < 1.29 is 14.3 Å². The molecule has 5 nitrogen and oxygen atoms in total. The topological polar surface area (TPSA) is 50.8 Å². The summed E-state index contributed by atoms with van der Waals surface area (Å²) in [6, 6.07) is 15.4. The van der Waals surface area contributed by atoms with E-state index >= 15 is 0 Å². The van der Waals surface area contributed by atoms with Gasteiger partial charge in [-0.15, -0.1) is 12.4 Å². The summed E-state index contributed by atoms with van der Waals surface area (Å²) in [5, 5.41) is 3.52. The Morgan fingerprint density at radius 2 is 1.79 bits per heavy atom. The molecule has 1 N–H and O–H groups in total. The van der Waals surface area contributed by atoms with Crippen molar-refractivity contribution >= 4 is 29.9 Å². The molecule has 29 heavy (non-hydrogen) atoms. The Bertz CT molecular complexity index is 765. The van der Waals surface area contributed by atoms with Gasteiger partial charge in [0.25, 0.3) is 5.91 Å². The largest absolute Gasteiger partial charge is 0.497 e. The molecule has 1 aliphatic heterocycles. The highest BCUT2D eigenvalue weighted by Crippen LogP contribution is 2.26. The molecule has 2 aromatic rings. The van der Waals surface area contributed by atoms with Crippen LogP contribution in [-0.4, -0.2) is 44.2 Å². The summed E-state index contributed by atoms with van der Waals surface area (Å²) >= 11 is 6.07. The summed E-state index contributed by atoms with van der Waals surface area (Å²) in [6.07, 6.45) is 3.65. The van der Waals surface area contributed by atoms with Gasteiger partial charge in [0.05, 0.1) is 18.2 Å². The van der Waals surface area contributed by atoms with Gasteiger partial charge in [-0.2, -0.15) is 0 Å². The standard InChI is InChI=1S/C22H27ClN2O3.ClH/c1-27-18-11-9-17(10-12-18)20(25-13-5-2-6-14-25)15-24-22(26)16-28-21-8-4-3-7-19(21)23;/h3-4,7-12,20H,2,5-6,13-16H2,1H3,(H,24,26);1H. The highest BCUT2D eigenvalue weighted by molar-refractivity contribution is 6.32. The summed E-state index contributed by atoms with van der Waals surface area (Å²) in [4.78, 5) is 14.8. The number of halogens is 2. The lowest BCUT2D eigenvalue weighted by Crippen LogP contribution is -2.41. The van der Waals surface area contributed by atoms with Crippen molar-refractivity contribution in [1.82, 2.24) is 10.2 Å². The zero-order valence-electron chi connectivity index (χ0n) is 16.6. The Morgan fingerprint density at radius 3 is 2.45 bits per heavy atom. The number of hydrogen-bond donors (Lipinski definition) is 1. The Morgan fingerprint density at radius 1 is 1.10 bits per heavy atom. The van der Waals surface area contributed by atoms with Crippen LogP contribution in [0.5, 0.6) is 11.5 Å². The molecule has 0 spiro atoms. The van der Waals surface area contributed by atoms with Gasteiger partial charge in [0, 0.05) is 6.54 Å². The minimum Gasteiger partial charge on any atom is -0.497 e. The number of ether oxygens (including phenoxy) is 2. The first-order chi connectivity index (χ1) is 13.7. The molecular weight excluding hydrogens is 411 g/mol. The zero-order chi connectivity index (χ0) is 19.8. The average molecular weight is 439 g/mol. The average Bonchev–Trinajstić information content (AvgIpc) is 2.74. The molecule has 0 saturated carbocycles. The predicted molar refractivity (Wildman–Crippen MR) is 118 cm³/mol. The van der Waals surface area contributed by atoms with E-state index in [0.717, 1.165) is 18.8 Å². The second-order valence-corrected chi connectivity index (χ2v) is 7.32. The van der Waals surface area contributed by atoms with Gasteiger partial charge in [-0.1, -0.05) is 42.3 Å². The van der Waals surface area contributed by atoms with Crippen molar-refractivity contribution in [2.45, 2.75) is 25.3 Å². The number of para-hydroxylation sites is 1. The van der Waals surface area contributed by atoms with E-state index in [-0.39, 0.29) is 31.0 Å². The maximum absolute atomic E-state index is 12.3. The van der Waals surface area contributed by atoms with E-state index < -0.39 is 0 Å². The second-order valence-electron chi connectivity index (χ2n) is 6.91. The lowest BCUT2D eigenvalue weighted by molar-refractivity contribution is -0.123. The molecule has 1 amide bonds. The van der Waals surface area contributed by atoms with E-state index in [1.54, 1.807) is 19.2 Å². The van der Waals surface area contributed by atoms with E-state index in [2.05, 4.69) is 22.3 Å². The number of rotatable bonds is 8. The van der Waals surface area contributed by atoms with Crippen LogP contribution in [0.1, 0.15) is 30.9 Å². The first-order valence-corrected chi connectivity index (χ1v) is 10.1. The second kappa shape index (κ2) is 11.9. The van der Waals surface area contributed by atoms with Gasteiger partial charge in [-0.05, 0) is 55.8 Å². The number of benzene rings is 2. The number of nitrogens with one attached hydrogen (secondary N) is 1. The molecule has 7 heteroatoms. The predicted octanol–water partition coefficient (Wildman–Crippen LogP) is 4.49. The number of hydrogen-bond acceptors (Lipinski definition) is 4. The highest BCUT2D eigenvalue weighted by Gasteiger charge is 2.23. The molecule has 1 aliphatic rings. The van der Waals surface area contributed by atoms with Crippen molar-refractivity contribution in [3.05, 3.63) is 59.1 Å². The Kier molecular flexibility index (Phi) is 9.58. The van der Waals surface area contributed by atoms with Gasteiger partial charge in [0.2, 0.25) is 0 Å². The molecule has 0 aliphatic carbocycles. The molecule has 1 unspecified atom stereocenters. The lowest BCUT2D eigenvalue weighted by atomic mass is 10.0. The van der Waals surface area contributed by atoms with Crippen LogP contribution in [0.15, 0.2) is 48.5 Å². The highest BCUT2D eigenvalue weighted by atomic mass is 35.5. The van der Waals surface area contributed by atoms with E-state index in [1.807, 2.05) is 24.3 Å². The van der Waals surface area contributed by atoms with Gasteiger partial charge in [-0.25, -0.2) is 0 Å². The van der Waals surface area contributed by atoms with Gasteiger partial charge in [0.1, 0.15) is 11.5 Å². The normalized spacial score (nSPS) is 15.1. The third-order valence-corrected chi connectivity index (χ3v) is 5.33. The van der Waals surface area contributed by atoms with Crippen LogP contribution >= 0.6 is 24.0 Å². The molecule has 2 aromatic carbocycles.